The van der Waals surface area contributed by atoms with E-state index in [0.29, 0.717) is 17.5 Å². The summed E-state index contributed by atoms with van der Waals surface area (Å²) in [6.45, 7) is 0.207. The van der Waals surface area contributed by atoms with Gasteiger partial charge in [0.05, 0.1) is 18.2 Å². The highest BCUT2D eigenvalue weighted by Gasteiger charge is 2.01. The van der Waals surface area contributed by atoms with Crippen molar-refractivity contribution in [2.24, 2.45) is 0 Å². The summed E-state index contributed by atoms with van der Waals surface area (Å²) in [4.78, 5) is 11.6. The van der Waals surface area contributed by atoms with Gasteiger partial charge in [-0.3, -0.25) is 0 Å². The highest BCUT2D eigenvalue weighted by molar-refractivity contribution is 5.87. The molecule has 0 radical (unpaired) electrons. The second-order valence-electron chi connectivity index (χ2n) is 4.81. The Morgan fingerprint density at radius 1 is 1.17 bits per heavy atom. The Hall–Kier alpha value is -3.26. The van der Waals surface area contributed by atoms with Crippen molar-refractivity contribution < 1.29 is 19.7 Å². The largest absolute Gasteiger partial charge is 0.504 e. The number of ether oxygens (including phenoxy) is 1. The minimum absolute atomic E-state index is 0.207. The molecule has 0 saturated carbocycles. The van der Waals surface area contributed by atoms with E-state index in [4.69, 9.17) is 10.00 Å². The van der Waals surface area contributed by atoms with E-state index in [2.05, 4.69) is 6.07 Å². The van der Waals surface area contributed by atoms with Gasteiger partial charge in [0.25, 0.3) is 0 Å². The van der Waals surface area contributed by atoms with Crippen molar-refractivity contribution in [1.29, 1.82) is 5.26 Å². The zero-order valence-electron chi connectivity index (χ0n) is 12.3. The van der Waals surface area contributed by atoms with Gasteiger partial charge in [-0.2, -0.15) is 5.26 Å². The number of benzene rings is 2. The maximum absolute atomic E-state index is 11.6. The number of phenols is 2. The van der Waals surface area contributed by atoms with E-state index in [1.807, 2.05) is 6.07 Å². The third-order valence-corrected chi connectivity index (χ3v) is 3.10. The number of hydrogen-bond donors (Lipinski definition) is 2. The van der Waals surface area contributed by atoms with Crippen molar-refractivity contribution in [3.8, 4) is 17.6 Å². The monoisotopic (exact) mass is 309 g/mol. The maximum atomic E-state index is 11.6. The Labute approximate surface area is 133 Å². The Morgan fingerprint density at radius 3 is 2.74 bits per heavy atom. The Morgan fingerprint density at radius 2 is 2.00 bits per heavy atom. The smallest absolute Gasteiger partial charge is 0.330 e. The Kier molecular flexibility index (Phi) is 5.37. The van der Waals surface area contributed by atoms with Crippen LogP contribution in [0, 0.1) is 11.3 Å². The molecular formula is C18H15NO4. The van der Waals surface area contributed by atoms with Crippen molar-refractivity contribution in [3.05, 3.63) is 65.2 Å². The molecule has 0 spiro atoms. The van der Waals surface area contributed by atoms with E-state index in [9.17, 15) is 15.0 Å². The molecule has 23 heavy (non-hydrogen) atoms. The summed E-state index contributed by atoms with van der Waals surface area (Å²) in [6.07, 6.45) is 3.25. The molecule has 0 bridgehead atoms. The molecular weight excluding hydrogens is 294 g/mol. The lowest BCUT2D eigenvalue weighted by Crippen LogP contribution is -2.04. The molecule has 2 aromatic carbocycles. The molecule has 0 heterocycles. The van der Waals surface area contributed by atoms with Crippen LogP contribution in [-0.2, 0) is 16.0 Å². The number of esters is 1. The number of nitrogens with zero attached hydrogens (tertiary/aromatic N) is 1. The van der Waals surface area contributed by atoms with Gasteiger partial charge in [-0.25, -0.2) is 4.79 Å². The number of phenolic OH excluding ortho intramolecular Hbond substituents is 2. The summed E-state index contributed by atoms with van der Waals surface area (Å²) >= 11 is 0. The Bertz CT molecular complexity index is 775. The molecule has 0 atom stereocenters. The van der Waals surface area contributed by atoms with Crippen LogP contribution in [0.25, 0.3) is 6.08 Å². The molecule has 2 N–H and O–H groups in total. The number of carbonyl (C=O) groups is 1. The molecule has 5 heteroatoms. The molecule has 0 aliphatic heterocycles. The van der Waals surface area contributed by atoms with E-state index in [1.54, 1.807) is 24.3 Å². The van der Waals surface area contributed by atoms with E-state index >= 15 is 0 Å². The fourth-order valence-electron chi connectivity index (χ4n) is 1.92. The molecule has 0 fully saturated rings. The number of carbonyl (C=O) groups excluding carboxylic acids is 1. The quantitative estimate of drug-likeness (QED) is 0.503. The lowest BCUT2D eigenvalue weighted by atomic mass is 10.1. The number of rotatable bonds is 5. The van der Waals surface area contributed by atoms with Gasteiger partial charge in [-0.15, -0.1) is 0 Å². The normalized spacial score (nSPS) is 10.4. The lowest BCUT2D eigenvalue weighted by molar-refractivity contribution is -0.137. The van der Waals surface area contributed by atoms with Crippen LogP contribution in [0.5, 0.6) is 11.5 Å². The van der Waals surface area contributed by atoms with Gasteiger partial charge in [0.2, 0.25) is 0 Å². The van der Waals surface area contributed by atoms with Crippen LogP contribution in [0.2, 0.25) is 0 Å². The van der Waals surface area contributed by atoms with Crippen LogP contribution in [0.3, 0.4) is 0 Å². The molecule has 5 nitrogen and oxygen atoms in total. The topological polar surface area (TPSA) is 90.5 Å². The first kappa shape index (κ1) is 16.1. The molecule has 0 aliphatic rings. The zero-order valence-corrected chi connectivity index (χ0v) is 12.3. The molecule has 2 rings (SSSR count). The molecule has 0 amide bonds. The van der Waals surface area contributed by atoms with Gasteiger partial charge in [-0.1, -0.05) is 18.2 Å². The standard InChI is InChI=1S/C18H15NO4/c19-12-15-3-1-2-13(10-15)8-9-23-18(22)7-5-14-4-6-16(20)17(21)11-14/h1-7,10-11,20-21H,8-9H2/b7-5+. The van der Waals surface area contributed by atoms with Gasteiger partial charge in [0.15, 0.2) is 11.5 Å². The number of aromatic hydroxyl groups is 2. The number of nitriles is 1. The first-order valence-electron chi connectivity index (χ1n) is 6.94. The van der Waals surface area contributed by atoms with Crippen LogP contribution in [-0.4, -0.2) is 22.8 Å². The van der Waals surface area contributed by atoms with Crippen LogP contribution < -0.4 is 0 Å². The van der Waals surface area contributed by atoms with Crippen molar-refractivity contribution in [2.45, 2.75) is 6.42 Å². The molecule has 116 valence electrons. The summed E-state index contributed by atoms with van der Waals surface area (Å²) < 4.78 is 5.07. The molecule has 0 aromatic heterocycles. The average Bonchev–Trinajstić information content (AvgIpc) is 2.56. The molecule has 2 aromatic rings. The summed E-state index contributed by atoms with van der Waals surface area (Å²) in [5, 5.41) is 27.4. The van der Waals surface area contributed by atoms with E-state index < -0.39 is 5.97 Å². The predicted octanol–water partition coefficient (Wildman–Crippen LogP) is 2.77. The second kappa shape index (κ2) is 7.66. The minimum Gasteiger partial charge on any atom is -0.504 e. The Balaban J connectivity index is 1.84. The van der Waals surface area contributed by atoms with E-state index in [0.717, 1.165) is 5.56 Å². The zero-order chi connectivity index (χ0) is 16.7. The first-order valence-corrected chi connectivity index (χ1v) is 6.94. The van der Waals surface area contributed by atoms with Crippen molar-refractivity contribution >= 4 is 12.0 Å². The van der Waals surface area contributed by atoms with Crippen molar-refractivity contribution in [2.75, 3.05) is 6.61 Å². The summed E-state index contributed by atoms with van der Waals surface area (Å²) in [6, 6.07) is 13.4. The highest BCUT2D eigenvalue weighted by atomic mass is 16.5. The molecule has 0 unspecified atom stereocenters. The average molecular weight is 309 g/mol. The summed E-state index contributed by atoms with van der Waals surface area (Å²) in [5.74, 6) is -0.976. The highest BCUT2D eigenvalue weighted by Crippen LogP contribution is 2.25. The van der Waals surface area contributed by atoms with Crippen molar-refractivity contribution in [1.82, 2.24) is 0 Å². The summed E-state index contributed by atoms with van der Waals surface area (Å²) in [7, 11) is 0. The minimum atomic E-state index is -0.506. The van der Waals surface area contributed by atoms with Crippen molar-refractivity contribution in [3.63, 3.8) is 0 Å². The third kappa shape index (κ3) is 4.90. The van der Waals surface area contributed by atoms with Crippen LogP contribution in [0.15, 0.2) is 48.5 Å². The maximum Gasteiger partial charge on any atom is 0.330 e. The van der Waals surface area contributed by atoms with Gasteiger partial charge in [0, 0.05) is 12.5 Å². The molecule has 0 saturated heterocycles. The van der Waals surface area contributed by atoms with Gasteiger partial charge < -0.3 is 14.9 Å². The van der Waals surface area contributed by atoms with Gasteiger partial charge in [0.1, 0.15) is 0 Å². The first-order chi connectivity index (χ1) is 11.1. The van der Waals surface area contributed by atoms with Gasteiger partial charge in [-0.05, 0) is 41.5 Å². The molecule has 0 aliphatic carbocycles. The van der Waals surface area contributed by atoms with E-state index in [1.165, 1.54) is 24.3 Å². The summed E-state index contributed by atoms with van der Waals surface area (Å²) in [5.41, 5.74) is 2.06. The second-order valence-corrected chi connectivity index (χ2v) is 4.81. The lowest BCUT2D eigenvalue weighted by Gasteiger charge is -2.03. The third-order valence-electron chi connectivity index (χ3n) is 3.10. The van der Waals surface area contributed by atoms with E-state index in [-0.39, 0.29) is 18.1 Å². The predicted molar refractivity (Wildman–Crippen MR) is 84.6 cm³/mol. The fourth-order valence-corrected chi connectivity index (χ4v) is 1.92. The fraction of sp³-hybridized carbons (Fsp3) is 0.111. The van der Waals surface area contributed by atoms with Crippen LogP contribution >= 0.6 is 0 Å². The SMILES string of the molecule is N#Cc1cccc(CCOC(=O)/C=C/c2ccc(O)c(O)c2)c1. The van der Waals surface area contributed by atoms with Crippen LogP contribution in [0.4, 0.5) is 0 Å². The van der Waals surface area contributed by atoms with Gasteiger partial charge >= 0.3 is 5.97 Å². The number of hydrogen-bond acceptors (Lipinski definition) is 5. The van der Waals surface area contributed by atoms with Crippen LogP contribution in [0.1, 0.15) is 16.7 Å².